The third-order valence-corrected chi connectivity index (χ3v) is 3.75. The number of nitrogen functional groups attached to an aromatic ring is 1. The van der Waals surface area contributed by atoms with Gasteiger partial charge in [-0.05, 0) is 30.0 Å². The van der Waals surface area contributed by atoms with Gasteiger partial charge in [-0.25, -0.2) is 0 Å². The Labute approximate surface area is 83.1 Å². The molecular weight excluding hydrogens is 174 g/mol. The standard InChI is InChI=1S/C12H13NO/c13-9-4-1-3-8-7-10(14)12(11(8)9)5-2-6-12/h1,3-4H,2,5-7,13H2. The minimum absolute atomic E-state index is 0.166. The lowest BCUT2D eigenvalue weighted by Gasteiger charge is -2.38. The number of hydrogen-bond donors (Lipinski definition) is 1. The van der Waals surface area contributed by atoms with E-state index in [1.54, 1.807) is 0 Å². The zero-order valence-electron chi connectivity index (χ0n) is 8.05. The quantitative estimate of drug-likeness (QED) is 0.629. The Balaban J connectivity index is 2.25. The topological polar surface area (TPSA) is 43.1 Å². The van der Waals surface area contributed by atoms with Gasteiger partial charge in [0.2, 0.25) is 0 Å². The number of anilines is 1. The molecule has 3 rings (SSSR count). The number of fused-ring (bicyclic) bond motifs is 2. The van der Waals surface area contributed by atoms with Crippen molar-refractivity contribution in [2.24, 2.45) is 0 Å². The maximum Gasteiger partial charge on any atom is 0.147 e. The minimum Gasteiger partial charge on any atom is -0.398 e. The number of Topliss-reactive ketones (excluding diaryl/α,β-unsaturated/α-hetero) is 1. The van der Waals surface area contributed by atoms with Gasteiger partial charge in [-0.1, -0.05) is 18.6 Å². The van der Waals surface area contributed by atoms with E-state index < -0.39 is 0 Å². The van der Waals surface area contributed by atoms with Crippen LogP contribution in [0.25, 0.3) is 0 Å². The van der Waals surface area contributed by atoms with E-state index in [-0.39, 0.29) is 5.41 Å². The van der Waals surface area contributed by atoms with Gasteiger partial charge in [0.25, 0.3) is 0 Å². The summed E-state index contributed by atoms with van der Waals surface area (Å²) < 4.78 is 0. The molecule has 2 nitrogen and oxygen atoms in total. The van der Waals surface area contributed by atoms with Crippen LogP contribution in [0.2, 0.25) is 0 Å². The molecule has 14 heavy (non-hydrogen) atoms. The molecule has 2 aliphatic rings. The third-order valence-electron chi connectivity index (χ3n) is 3.75. The summed E-state index contributed by atoms with van der Waals surface area (Å²) in [5.74, 6) is 0.386. The van der Waals surface area contributed by atoms with E-state index in [1.807, 2.05) is 18.2 Å². The van der Waals surface area contributed by atoms with E-state index >= 15 is 0 Å². The van der Waals surface area contributed by atoms with E-state index in [1.165, 1.54) is 6.42 Å². The van der Waals surface area contributed by atoms with Crippen LogP contribution in [-0.2, 0) is 16.6 Å². The Kier molecular flexibility index (Phi) is 1.37. The lowest BCUT2D eigenvalue weighted by Crippen LogP contribution is -2.39. The number of carbonyl (C=O) groups is 1. The second kappa shape index (κ2) is 2.38. The molecule has 0 aromatic heterocycles. The van der Waals surface area contributed by atoms with Crippen molar-refractivity contribution < 1.29 is 4.79 Å². The molecule has 1 fully saturated rings. The fourth-order valence-electron chi connectivity index (χ4n) is 2.89. The normalized spacial score (nSPS) is 22.1. The highest BCUT2D eigenvalue weighted by molar-refractivity contribution is 5.99. The molecule has 0 bridgehead atoms. The van der Waals surface area contributed by atoms with Crippen LogP contribution in [0.3, 0.4) is 0 Å². The first-order valence-electron chi connectivity index (χ1n) is 5.15. The highest BCUT2D eigenvalue weighted by atomic mass is 16.1. The van der Waals surface area contributed by atoms with E-state index in [2.05, 4.69) is 0 Å². The number of hydrogen-bond acceptors (Lipinski definition) is 2. The number of rotatable bonds is 0. The maximum atomic E-state index is 11.9. The van der Waals surface area contributed by atoms with Crippen molar-refractivity contribution in [1.29, 1.82) is 0 Å². The van der Waals surface area contributed by atoms with Crippen LogP contribution in [0, 0.1) is 0 Å². The molecule has 0 atom stereocenters. The van der Waals surface area contributed by atoms with Gasteiger partial charge in [-0.2, -0.15) is 0 Å². The molecule has 1 spiro atoms. The van der Waals surface area contributed by atoms with E-state index in [0.29, 0.717) is 12.2 Å². The fraction of sp³-hybridized carbons (Fsp3) is 0.417. The molecule has 0 radical (unpaired) electrons. The van der Waals surface area contributed by atoms with Gasteiger partial charge in [-0.15, -0.1) is 0 Å². The van der Waals surface area contributed by atoms with Gasteiger partial charge in [-0.3, -0.25) is 4.79 Å². The highest BCUT2D eigenvalue weighted by Crippen LogP contribution is 2.52. The number of nitrogens with two attached hydrogens (primary N) is 1. The Morgan fingerprint density at radius 2 is 2.07 bits per heavy atom. The molecule has 0 heterocycles. The zero-order valence-corrected chi connectivity index (χ0v) is 8.05. The minimum atomic E-state index is -0.166. The first kappa shape index (κ1) is 8.04. The first-order valence-corrected chi connectivity index (χ1v) is 5.15. The molecule has 1 aromatic carbocycles. The third kappa shape index (κ3) is 0.746. The van der Waals surface area contributed by atoms with Crippen molar-refractivity contribution in [2.75, 3.05) is 5.73 Å². The largest absolute Gasteiger partial charge is 0.398 e. The monoisotopic (exact) mass is 187 g/mol. The second-order valence-corrected chi connectivity index (χ2v) is 4.42. The van der Waals surface area contributed by atoms with Crippen molar-refractivity contribution in [3.8, 4) is 0 Å². The molecule has 2 N–H and O–H groups in total. The fourth-order valence-corrected chi connectivity index (χ4v) is 2.89. The van der Waals surface area contributed by atoms with Crippen LogP contribution >= 0.6 is 0 Å². The summed E-state index contributed by atoms with van der Waals surface area (Å²) in [6.07, 6.45) is 3.78. The molecule has 1 saturated carbocycles. The summed E-state index contributed by atoms with van der Waals surface area (Å²) in [6, 6.07) is 5.90. The summed E-state index contributed by atoms with van der Waals surface area (Å²) >= 11 is 0. The van der Waals surface area contributed by atoms with Crippen LogP contribution in [0.15, 0.2) is 18.2 Å². The maximum absolute atomic E-state index is 11.9. The van der Waals surface area contributed by atoms with Crippen molar-refractivity contribution >= 4 is 11.5 Å². The van der Waals surface area contributed by atoms with Crippen molar-refractivity contribution in [3.63, 3.8) is 0 Å². The predicted octanol–water partition coefficient (Wildman–Crippen LogP) is 1.82. The molecule has 1 aromatic rings. The van der Waals surface area contributed by atoms with E-state index in [0.717, 1.165) is 29.7 Å². The Hall–Kier alpha value is -1.31. The molecule has 0 unspecified atom stereocenters. The van der Waals surface area contributed by atoms with Crippen molar-refractivity contribution in [1.82, 2.24) is 0 Å². The van der Waals surface area contributed by atoms with Gasteiger partial charge in [0, 0.05) is 12.1 Å². The molecular formula is C12H13NO. The Bertz CT molecular complexity index is 418. The number of benzene rings is 1. The average molecular weight is 187 g/mol. The summed E-state index contributed by atoms with van der Waals surface area (Å²) in [6.45, 7) is 0. The van der Waals surface area contributed by atoms with Gasteiger partial charge in [0.05, 0.1) is 5.41 Å². The van der Waals surface area contributed by atoms with Gasteiger partial charge in [0.1, 0.15) is 5.78 Å². The summed E-state index contributed by atoms with van der Waals surface area (Å²) in [5, 5.41) is 0. The average Bonchev–Trinajstić information content (AvgIpc) is 2.37. The second-order valence-electron chi connectivity index (χ2n) is 4.42. The molecule has 2 aliphatic carbocycles. The molecule has 0 aliphatic heterocycles. The Morgan fingerprint density at radius 1 is 1.29 bits per heavy atom. The Morgan fingerprint density at radius 3 is 2.71 bits per heavy atom. The van der Waals surface area contributed by atoms with E-state index in [4.69, 9.17) is 5.73 Å². The SMILES string of the molecule is Nc1cccc2c1C1(CCC1)C(=O)C2. The van der Waals surface area contributed by atoms with Crippen molar-refractivity contribution in [2.45, 2.75) is 31.1 Å². The van der Waals surface area contributed by atoms with Gasteiger partial charge < -0.3 is 5.73 Å². The smallest absolute Gasteiger partial charge is 0.147 e. The summed E-state index contributed by atoms with van der Waals surface area (Å²) in [5.41, 5.74) is 8.93. The van der Waals surface area contributed by atoms with Crippen LogP contribution in [-0.4, -0.2) is 5.78 Å². The first-order chi connectivity index (χ1) is 6.74. The van der Waals surface area contributed by atoms with Crippen LogP contribution in [0.5, 0.6) is 0 Å². The lowest BCUT2D eigenvalue weighted by molar-refractivity contribution is -0.125. The van der Waals surface area contributed by atoms with Gasteiger partial charge in [0.15, 0.2) is 0 Å². The highest BCUT2D eigenvalue weighted by Gasteiger charge is 2.51. The van der Waals surface area contributed by atoms with Crippen LogP contribution < -0.4 is 5.73 Å². The molecule has 2 heteroatoms. The number of carbonyl (C=O) groups excluding carboxylic acids is 1. The molecule has 72 valence electrons. The number of ketones is 1. The molecule has 0 saturated heterocycles. The predicted molar refractivity (Wildman–Crippen MR) is 55.1 cm³/mol. The summed E-state index contributed by atoms with van der Waals surface area (Å²) in [4.78, 5) is 11.9. The van der Waals surface area contributed by atoms with Crippen LogP contribution in [0.1, 0.15) is 30.4 Å². The lowest BCUT2D eigenvalue weighted by atomic mass is 9.64. The zero-order chi connectivity index (χ0) is 9.76. The summed E-state index contributed by atoms with van der Waals surface area (Å²) in [7, 11) is 0. The van der Waals surface area contributed by atoms with Gasteiger partial charge >= 0.3 is 0 Å². The van der Waals surface area contributed by atoms with Crippen LogP contribution in [0.4, 0.5) is 5.69 Å². The van der Waals surface area contributed by atoms with Crippen molar-refractivity contribution in [3.05, 3.63) is 29.3 Å². The molecule has 0 amide bonds. The van der Waals surface area contributed by atoms with E-state index in [9.17, 15) is 4.79 Å².